The summed E-state index contributed by atoms with van der Waals surface area (Å²) in [5.41, 5.74) is 2.23. The molecule has 1 unspecified atom stereocenters. The minimum absolute atomic E-state index is 0.0457. The number of nitrogens with zero attached hydrogens (tertiary/aromatic N) is 6. The van der Waals surface area contributed by atoms with E-state index >= 15 is 0 Å². The number of halogens is 2. The van der Waals surface area contributed by atoms with Gasteiger partial charge in [-0.2, -0.15) is 5.10 Å². The van der Waals surface area contributed by atoms with Gasteiger partial charge in [0.05, 0.1) is 22.9 Å². The van der Waals surface area contributed by atoms with Crippen molar-refractivity contribution in [2.45, 2.75) is 82.7 Å². The molecule has 14 nitrogen and oxygen atoms in total. The second kappa shape index (κ2) is 15.2. The van der Waals surface area contributed by atoms with Crippen LogP contribution in [0.5, 0.6) is 0 Å². The van der Waals surface area contributed by atoms with Crippen LogP contribution in [0.4, 0.5) is 14.5 Å². The molecule has 3 aliphatic heterocycles. The van der Waals surface area contributed by atoms with E-state index in [2.05, 4.69) is 30.6 Å². The highest BCUT2D eigenvalue weighted by Crippen LogP contribution is 2.35. The standard InChI is InChI=1S/C39H40F2N8O6/c40-34(41)33-28(43-35(51)29-21-55-37(44-29)24-12-15-42-25(19-24)9-8-22-6-7-22)20-48(46-33)26-13-17-47(18-14-26)16-2-4-23-3-1-5-27-32(23)39(54)49(38(27)53)30-10-11-31(50)45-36(30)52/h1,3,5,12,15,19-22,26,30,34H,2,4,6-11,13-14,16-18H2,(H,43,51)(H,45,50,52). The summed E-state index contributed by atoms with van der Waals surface area (Å²) in [6.45, 7) is 2.07. The predicted octanol–water partition coefficient (Wildman–Crippen LogP) is 5.14. The number of benzene rings is 1. The molecule has 0 radical (unpaired) electrons. The van der Waals surface area contributed by atoms with Crippen molar-refractivity contribution < 1.29 is 37.2 Å². The Morgan fingerprint density at radius 3 is 2.60 bits per heavy atom. The summed E-state index contributed by atoms with van der Waals surface area (Å²) in [5.74, 6) is -1.80. The van der Waals surface area contributed by atoms with E-state index in [0.717, 1.165) is 34.9 Å². The van der Waals surface area contributed by atoms with E-state index < -0.39 is 47.7 Å². The first-order valence-corrected chi connectivity index (χ1v) is 18.8. The van der Waals surface area contributed by atoms with Crippen LogP contribution >= 0.6 is 0 Å². The van der Waals surface area contributed by atoms with Gasteiger partial charge in [-0.3, -0.25) is 43.9 Å². The first-order chi connectivity index (χ1) is 26.6. The molecule has 2 N–H and O–H groups in total. The molecule has 4 aliphatic rings. The number of oxazole rings is 1. The lowest BCUT2D eigenvalue weighted by Gasteiger charge is -2.32. The molecule has 0 spiro atoms. The molecular weight excluding hydrogens is 714 g/mol. The number of carbonyl (C=O) groups excluding carboxylic acids is 5. The molecule has 2 saturated heterocycles. The molecule has 286 valence electrons. The van der Waals surface area contributed by atoms with Crippen LogP contribution in [0, 0.1) is 5.92 Å². The molecular formula is C39H40F2N8O6. The Morgan fingerprint density at radius 1 is 1.02 bits per heavy atom. The summed E-state index contributed by atoms with van der Waals surface area (Å²) in [5, 5.41) is 8.95. The Balaban J connectivity index is 0.849. The first-order valence-electron chi connectivity index (χ1n) is 18.8. The number of fused-ring (bicyclic) bond motifs is 1. The third-order valence-electron chi connectivity index (χ3n) is 10.9. The summed E-state index contributed by atoms with van der Waals surface area (Å²) >= 11 is 0. The summed E-state index contributed by atoms with van der Waals surface area (Å²) < 4.78 is 35.3. The summed E-state index contributed by atoms with van der Waals surface area (Å²) in [6.07, 6.45) is 8.54. The maximum Gasteiger partial charge on any atom is 0.284 e. The van der Waals surface area contributed by atoms with E-state index in [9.17, 15) is 32.8 Å². The van der Waals surface area contributed by atoms with Gasteiger partial charge in [0.2, 0.25) is 17.7 Å². The molecule has 55 heavy (non-hydrogen) atoms. The third-order valence-corrected chi connectivity index (χ3v) is 10.9. The van der Waals surface area contributed by atoms with Crippen molar-refractivity contribution in [2.75, 3.05) is 25.0 Å². The molecule has 1 atom stereocenters. The van der Waals surface area contributed by atoms with Gasteiger partial charge in [0.15, 0.2) is 11.4 Å². The van der Waals surface area contributed by atoms with Gasteiger partial charge in [0.25, 0.3) is 24.1 Å². The summed E-state index contributed by atoms with van der Waals surface area (Å²) in [4.78, 5) is 75.8. The molecule has 4 aromatic rings. The van der Waals surface area contributed by atoms with E-state index in [-0.39, 0.29) is 41.7 Å². The number of hydrogen-bond acceptors (Lipinski definition) is 10. The Bertz CT molecular complexity index is 2150. The van der Waals surface area contributed by atoms with E-state index in [0.29, 0.717) is 56.4 Å². The maximum atomic E-state index is 14.1. The van der Waals surface area contributed by atoms with E-state index in [1.165, 1.54) is 30.0 Å². The lowest BCUT2D eigenvalue weighted by Crippen LogP contribution is -2.54. The van der Waals surface area contributed by atoms with Crippen LogP contribution in [0.25, 0.3) is 11.5 Å². The van der Waals surface area contributed by atoms with Crippen molar-refractivity contribution in [1.29, 1.82) is 0 Å². The fourth-order valence-electron chi connectivity index (χ4n) is 7.75. The van der Waals surface area contributed by atoms with Crippen LogP contribution < -0.4 is 10.6 Å². The number of likely N-dealkylation sites (tertiary alicyclic amines) is 1. The number of alkyl halides is 2. The number of aryl methyl sites for hydroxylation is 2. The fourth-order valence-corrected chi connectivity index (χ4v) is 7.75. The Kier molecular flexibility index (Phi) is 10.1. The maximum absolute atomic E-state index is 14.1. The Hall–Kier alpha value is -5.64. The number of amides is 5. The molecule has 6 heterocycles. The number of imide groups is 2. The van der Waals surface area contributed by atoms with Crippen LogP contribution in [0.3, 0.4) is 0 Å². The number of rotatable bonds is 13. The normalized spacial score (nSPS) is 19.3. The zero-order valence-electron chi connectivity index (χ0n) is 30.0. The van der Waals surface area contributed by atoms with Gasteiger partial charge in [-0.25, -0.2) is 13.8 Å². The minimum Gasteiger partial charge on any atom is -0.444 e. The van der Waals surface area contributed by atoms with Crippen molar-refractivity contribution >= 4 is 35.2 Å². The van der Waals surface area contributed by atoms with Crippen molar-refractivity contribution in [2.24, 2.45) is 5.92 Å². The number of nitrogens with one attached hydrogen (secondary N) is 2. The van der Waals surface area contributed by atoms with Crippen molar-refractivity contribution in [3.05, 3.63) is 82.8 Å². The van der Waals surface area contributed by atoms with Crippen LogP contribution in [-0.4, -0.2) is 84.8 Å². The second-order valence-electron chi connectivity index (χ2n) is 14.7. The van der Waals surface area contributed by atoms with Crippen molar-refractivity contribution in [3.8, 4) is 11.5 Å². The SMILES string of the molecule is O=C1CCC(N2C(=O)c3cccc(CCCN4CCC(n5cc(NC(=O)c6coc(-c7ccnc(CCC8CC8)c7)n6)c(C(F)F)n5)CC4)c3C2=O)C(=O)N1. The van der Waals surface area contributed by atoms with Crippen molar-refractivity contribution in [3.63, 3.8) is 0 Å². The van der Waals surface area contributed by atoms with Crippen LogP contribution in [0.1, 0.15) is 112 Å². The van der Waals surface area contributed by atoms with Gasteiger partial charge < -0.3 is 14.6 Å². The number of pyridine rings is 1. The highest BCUT2D eigenvalue weighted by molar-refractivity contribution is 6.24. The zero-order valence-corrected chi connectivity index (χ0v) is 30.0. The van der Waals surface area contributed by atoms with Gasteiger partial charge in [-0.05, 0) is 81.2 Å². The molecule has 0 bridgehead atoms. The number of piperidine rings is 2. The van der Waals surface area contributed by atoms with Crippen LogP contribution in [-0.2, 0) is 22.4 Å². The molecule has 16 heteroatoms. The Labute approximate surface area is 314 Å². The molecule has 5 amide bonds. The first kappa shape index (κ1) is 36.3. The number of aromatic nitrogens is 4. The van der Waals surface area contributed by atoms with E-state index in [1.807, 2.05) is 12.1 Å². The average molecular weight is 755 g/mol. The monoisotopic (exact) mass is 754 g/mol. The molecule has 1 aliphatic carbocycles. The fraction of sp³-hybridized carbons (Fsp3) is 0.436. The van der Waals surface area contributed by atoms with Crippen molar-refractivity contribution in [1.82, 2.24) is 34.9 Å². The summed E-state index contributed by atoms with van der Waals surface area (Å²) in [6, 6.07) is 7.59. The van der Waals surface area contributed by atoms with E-state index in [1.54, 1.807) is 24.4 Å². The van der Waals surface area contributed by atoms with Gasteiger partial charge in [-0.1, -0.05) is 25.0 Å². The summed E-state index contributed by atoms with van der Waals surface area (Å²) in [7, 11) is 0. The quantitative estimate of drug-likeness (QED) is 0.174. The highest BCUT2D eigenvalue weighted by atomic mass is 19.3. The number of hydrogen-bond donors (Lipinski definition) is 2. The molecule has 1 aromatic carbocycles. The minimum atomic E-state index is -2.91. The highest BCUT2D eigenvalue weighted by Gasteiger charge is 2.45. The smallest absolute Gasteiger partial charge is 0.284 e. The van der Waals surface area contributed by atoms with E-state index in [4.69, 9.17) is 4.42 Å². The molecule has 8 rings (SSSR count). The van der Waals surface area contributed by atoms with Gasteiger partial charge >= 0.3 is 0 Å². The van der Waals surface area contributed by atoms with Crippen LogP contribution in [0.2, 0.25) is 0 Å². The molecule has 3 aromatic heterocycles. The average Bonchev–Trinajstić information content (AvgIpc) is 3.58. The van der Waals surface area contributed by atoms with Gasteiger partial charge in [-0.15, -0.1) is 0 Å². The second-order valence-corrected chi connectivity index (χ2v) is 14.7. The van der Waals surface area contributed by atoms with Gasteiger partial charge in [0.1, 0.15) is 12.3 Å². The lowest BCUT2D eigenvalue weighted by molar-refractivity contribution is -0.136. The molecule has 3 fully saturated rings. The number of carbonyl (C=O) groups is 5. The third kappa shape index (κ3) is 7.68. The predicted molar refractivity (Wildman–Crippen MR) is 192 cm³/mol. The zero-order chi connectivity index (χ0) is 38.2. The Morgan fingerprint density at radius 2 is 1.84 bits per heavy atom. The van der Waals surface area contributed by atoms with Crippen LogP contribution in [0.15, 0.2) is 53.4 Å². The largest absolute Gasteiger partial charge is 0.444 e. The number of anilines is 1. The lowest BCUT2D eigenvalue weighted by atomic mass is 9.98. The molecule has 1 saturated carbocycles. The van der Waals surface area contributed by atoms with Gasteiger partial charge in [0, 0.05) is 43.2 Å². The topological polar surface area (TPSA) is 173 Å².